The van der Waals surface area contributed by atoms with E-state index >= 15 is 0 Å². The first-order valence-corrected chi connectivity index (χ1v) is 9.93. The van der Waals surface area contributed by atoms with Crippen LogP contribution in [0.3, 0.4) is 0 Å². The molecule has 3 aromatic heterocycles. The van der Waals surface area contributed by atoms with Gasteiger partial charge in [0.15, 0.2) is 11.5 Å². The molecule has 0 spiro atoms. The van der Waals surface area contributed by atoms with Crippen molar-refractivity contribution in [2.45, 2.75) is 12.5 Å². The largest absolute Gasteiger partial charge is 0.351 e. The van der Waals surface area contributed by atoms with E-state index in [4.69, 9.17) is 0 Å². The van der Waals surface area contributed by atoms with Crippen LogP contribution >= 0.6 is 11.8 Å². The molecule has 8 heteroatoms. The van der Waals surface area contributed by atoms with E-state index in [1.54, 1.807) is 23.9 Å². The van der Waals surface area contributed by atoms with Crippen molar-refractivity contribution in [3.05, 3.63) is 66.0 Å². The van der Waals surface area contributed by atoms with Crippen molar-refractivity contribution in [3.8, 4) is 0 Å². The van der Waals surface area contributed by atoms with E-state index in [-0.39, 0.29) is 17.8 Å². The minimum atomic E-state index is -0.332. The van der Waals surface area contributed by atoms with Crippen LogP contribution < -0.4 is 5.32 Å². The molecule has 27 heavy (non-hydrogen) atoms. The highest BCUT2D eigenvalue weighted by atomic mass is 32.2. The zero-order valence-electron chi connectivity index (χ0n) is 14.6. The Morgan fingerprint density at radius 2 is 2.19 bits per heavy atom. The summed E-state index contributed by atoms with van der Waals surface area (Å²) in [6.45, 7) is 0. The summed E-state index contributed by atoms with van der Waals surface area (Å²) >= 11 is 1.70. The van der Waals surface area contributed by atoms with E-state index in [0.717, 1.165) is 23.3 Å². The van der Waals surface area contributed by atoms with E-state index in [9.17, 15) is 9.18 Å². The summed E-state index contributed by atoms with van der Waals surface area (Å²) in [5.74, 6) is 0.965. The molecule has 138 valence electrons. The fourth-order valence-electron chi connectivity index (χ4n) is 3.06. The number of hydrogen-bond acceptors (Lipinski definition) is 4. The molecule has 0 saturated heterocycles. The summed E-state index contributed by atoms with van der Waals surface area (Å²) in [7, 11) is 0. The number of aromatic nitrogens is 4. The second-order valence-corrected chi connectivity index (χ2v) is 7.19. The number of hydrogen-bond donors (Lipinski definition) is 2. The average molecular weight is 383 g/mol. The predicted octanol–water partition coefficient (Wildman–Crippen LogP) is 3.57. The van der Waals surface area contributed by atoms with Gasteiger partial charge in [-0.25, -0.2) is 4.39 Å². The molecule has 0 fully saturated rings. The molecule has 1 atom stereocenters. The molecule has 1 aromatic carbocycles. The highest BCUT2D eigenvalue weighted by molar-refractivity contribution is 7.98. The van der Waals surface area contributed by atoms with Gasteiger partial charge in [-0.05, 0) is 54.8 Å². The number of carbonyl (C=O) groups excluding carboxylic acids is 1. The Labute approximate surface area is 159 Å². The summed E-state index contributed by atoms with van der Waals surface area (Å²) in [5, 5.41) is 12.2. The van der Waals surface area contributed by atoms with Crippen LogP contribution in [0.25, 0.3) is 16.6 Å². The fourth-order valence-corrected chi connectivity index (χ4v) is 3.53. The zero-order valence-corrected chi connectivity index (χ0v) is 15.5. The minimum Gasteiger partial charge on any atom is -0.351 e. The maximum Gasteiger partial charge on any atom is 0.268 e. The number of rotatable bonds is 6. The number of aromatic amines is 1. The molecule has 3 heterocycles. The van der Waals surface area contributed by atoms with Gasteiger partial charge in [-0.3, -0.25) is 9.20 Å². The summed E-state index contributed by atoms with van der Waals surface area (Å²) < 4.78 is 15.3. The molecule has 2 N–H and O–H groups in total. The normalized spacial score (nSPS) is 12.5. The first-order valence-electron chi connectivity index (χ1n) is 8.53. The lowest BCUT2D eigenvalue weighted by Gasteiger charge is -2.16. The number of nitrogens with one attached hydrogen (secondary N) is 2. The molecule has 6 nitrogen and oxygen atoms in total. The summed E-state index contributed by atoms with van der Waals surface area (Å²) in [6.07, 6.45) is 4.62. The predicted molar refractivity (Wildman–Crippen MR) is 104 cm³/mol. The number of amides is 1. The molecule has 1 unspecified atom stereocenters. The third kappa shape index (κ3) is 3.52. The minimum absolute atomic E-state index is 0.259. The number of benzene rings is 1. The van der Waals surface area contributed by atoms with Gasteiger partial charge < -0.3 is 10.3 Å². The van der Waals surface area contributed by atoms with Crippen molar-refractivity contribution in [1.29, 1.82) is 0 Å². The van der Waals surface area contributed by atoms with Gasteiger partial charge in [0.25, 0.3) is 5.91 Å². The summed E-state index contributed by atoms with van der Waals surface area (Å²) in [6, 6.07) is 11.4. The van der Waals surface area contributed by atoms with Crippen molar-refractivity contribution >= 4 is 34.2 Å². The standard InChI is InChI=1S/C19H18FN5OS/c1-27-9-7-15(18-24-23-17-4-2-3-8-25(17)18)22-19(26)16-11-12-10-13(20)5-6-14(12)21-16/h2-6,8,10-11,15,21H,7,9H2,1H3,(H,22,26). The highest BCUT2D eigenvalue weighted by Crippen LogP contribution is 2.21. The number of halogens is 1. The van der Waals surface area contributed by atoms with Crippen molar-refractivity contribution in [2.24, 2.45) is 0 Å². The van der Waals surface area contributed by atoms with Crippen LogP contribution in [-0.4, -0.2) is 37.5 Å². The van der Waals surface area contributed by atoms with E-state index < -0.39 is 0 Å². The van der Waals surface area contributed by atoms with Crippen LogP contribution in [-0.2, 0) is 0 Å². The Bertz CT molecular complexity index is 1110. The zero-order chi connectivity index (χ0) is 18.8. The van der Waals surface area contributed by atoms with Crippen molar-refractivity contribution in [2.75, 3.05) is 12.0 Å². The number of H-pyrrole nitrogens is 1. The number of carbonyl (C=O) groups is 1. The van der Waals surface area contributed by atoms with Gasteiger partial charge in [-0.1, -0.05) is 6.07 Å². The second-order valence-electron chi connectivity index (χ2n) is 6.21. The van der Waals surface area contributed by atoms with E-state index in [0.29, 0.717) is 16.9 Å². The molecule has 0 saturated carbocycles. The molecule has 0 bridgehead atoms. The van der Waals surface area contributed by atoms with Gasteiger partial charge in [0.05, 0.1) is 6.04 Å². The third-order valence-corrected chi connectivity index (χ3v) is 5.04. The number of nitrogens with zero attached hydrogens (tertiary/aromatic N) is 3. The molecule has 4 aromatic rings. The number of fused-ring (bicyclic) bond motifs is 2. The molecule has 0 aliphatic carbocycles. The Morgan fingerprint density at radius 1 is 1.30 bits per heavy atom. The number of thioether (sulfide) groups is 1. The maximum atomic E-state index is 13.4. The lowest BCUT2D eigenvalue weighted by Crippen LogP contribution is -2.30. The Morgan fingerprint density at radius 3 is 3.04 bits per heavy atom. The lowest BCUT2D eigenvalue weighted by atomic mass is 10.2. The lowest BCUT2D eigenvalue weighted by molar-refractivity contribution is 0.0929. The fraction of sp³-hybridized carbons (Fsp3) is 0.211. The third-order valence-electron chi connectivity index (χ3n) is 4.40. The van der Waals surface area contributed by atoms with Crippen LogP contribution in [0.5, 0.6) is 0 Å². The monoisotopic (exact) mass is 383 g/mol. The first kappa shape index (κ1) is 17.5. The van der Waals surface area contributed by atoms with E-state index in [1.807, 2.05) is 35.1 Å². The Balaban J connectivity index is 1.63. The average Bonchev–Trinajstić information content (AvgIpc) is 3.28. The van der Waals surface area contributed by atoms with Crippen molar-refractivity contribution in [1.82, 2.24) is 24.9 Å². The molecule has 0 radical (unpaired) electrons. The van der Waals surface area contributed by atoms with Crippen LogP contribution in [0.2, 0.25) is 0 Å². The molecular formula is C19H18FN5OS. The summed E-state index contributed by atoms with van der Waals surface area (Å²) in [5.41, 5.74) is 1.84. The molecule has 0 aliphatic rings. The summed E-state index contributed by atoms with van der Waals surface area (Å²) in [4.78, 5) is 15.8. The smallest absolute Gasteiger partial charge is 0.268 e. The second kappa shape index (κ2) is 7.40. The molecule has 0 aliphatic heterocycles. The molecule has 1 amide bonds. The Kier molecular flexibility index (Phi) is 4.81. The van der Waals surface area contributed by atoms with Gasteiger partial charge in [0.2, 0.25) is 0 Å². The van der Waals surface area contributed by atoms with Crippen LogP contribution in [0, 0.1) is 5.82 Å². The van der Waals surface area contributed by atoms with Gasteiger partial charge in [0, 0.05) is 17.1 Å². The topological polar surface area (TPSA) is 75.1 Å². The SMILES string of the molecule is CSCCC(NC(=O)c1cc2cc(F)ccc2[nH]1)c1nnc2ccccn12. The molecule has 4 rings (SSSR count). The number of pyridine rings is 1. The Hall–Kier alpha value is -2.87. The van der Waals surface area contributed by atoms with Gasteiger partial charge >= 0.3 is 0 Å². The van der Waals surface area contributed by atoms with Crippen molar-refractivity contribution in [3.63, 3.8) is 0 Å². The van der Waals surface area contributed by atoms with E-state index in [2.05, 4.69) is 20.5 Å². The quantitative estimate of drug-likeness (QED) is 0.534. The van der Waals surface area contributed by atoms with Gasteiger partial charge in [-0.15, -0.1) is 10.2 Å². The van der Waals surface area contributed by atoms with Gasteiger partial charge in [0.1, 0.15) is 11.5 Å². The van der Waals surface area contributed by atoms with Crippen LogP contribution in [0.15, 0.2) is 48.7 Å². The maximum absolute atomic E-state index is 13.4. The first-order chi connectivity index (χ1) is 13.2. The van der Waals surface area contributed by atoms with E-state index in [1.165, 1.54) is 12.1 Å². The highest BCUT2D eigenvalue weighted by Gasteiger charge is 2.21. The van der Waals surface area contributed by atoms with Crippen LogP contribution in [0.4, 0.5) is 4.39 Å². The molecular weight excluding hydrogens is 365 g/mol. The van der Waals surface area contributed by atoms with Crippen LogP contribution in [0.1, 0.15) is 28.8 Å². The van der Waals surface area contributed by atoms with Crippen molar-refractivity contribution < 1.29 is 9.18 Å². The van der Waals surface area contributed by atoms with Gasteiger partial charge in [-0.2, -0.15) is 11.8 Å².